The number of Topliss-reactive ketones (excluding diaryl/α,β-unsaturated/α-hetero) is 1. The van der Waals surface area contributed by atoms with Crippen molar-refractivity contribution < 1.29 is 4.79 Å². The number of carbonyl (C=O) groups is 1. The summed E-state index contributed by atoms with van der Waals surface area (Å²) in [6, 6.07) is 0. The van der Waals surface area contributed by atoms with E-state index in [0.29, 0.717) is 13.0 Å². The fraction of sp³-hybridized carbons (Fsp3) is 0.571. The van der Waals surface area contributed by atoms with Gasteiger partial charge in [0.25, 0.3) is 0 Å². The number of nitrogens with one attached hydrogen (secondary N) is 1. The Labute approximate surface area is 55.6 Å². The number of hydrogen-bond donors (Lipinski definition) is 1. The summed E-state index contributed by atoms with van der Waals surface area (Å²) in [4.78, 5) is 10.4. The van der Waals surface area contributed by atoms with E-state index in [0.717, 1.165) is 6.54 Å². The van der Waals surface area contributed by atoms with Crippen LogP contribution >= 0.6 is 0 Å². The third-order valence-corrected chi connectivity index (χ3v) is 0.940. The topological polar surface area (TPSA) is 29.1 Å². The van der Waals surface area contributed by atoms with Crippen LogP contribution in [0.15, 0.2) is 0 Å². The molecule has 0 saturated carbocycles. The Morgan fingerprint density at radius 3 is 2.89 bits per heavy atom. The summed E-state index contributed by atoms with van der Waals surface area (Å²) < 4.78 is 0. The molecule has 2 heteroatoms. The van der Waals surface area contributed by atoms with Crippen LogP contribution in [0.4, 0.5) is 0 Å². The number of terminal acetylenes is 1. The Kier molecular flexibility index (Phi) is 4.85. The molecule has 0 rings (SSSR count). The molecule has 0 unspecified atom stereocenters. The number of carbonyl (C=O) groups excluding carboxylic acids is 1. The van der Waals surface area contributed by atoms with Gasteiger partial charge in [-0.1, -0.05) is 6.92 Å². The molecule has 0 bridgehead atoms. The molecular formula is C7H11NO. The first-order chi connectivity index (χ1) is 4.31. The van der Waals surface area contributed by atoms with Crippen molar-refractivity contribution in [1.29, 1.82) is 0 Å². The van der Waals surface area contributed by atoms with Crippen molar-refractivity contribution in [2.75, 3.05) is 13.1 Å². The van der Waals surface area contributed by atoms with Crippen molar-refractivity contribution in [3.63, 3.8) is 0 Å². The molecule has 0 fully saturated rings. The Morgan fingerprint density at radius 1 is 1.78 bits per heavy atom. The van der Waals surface area contributed by atoms with Gasteiger partial charge >= 0.3 is 0 Å². The molecule has 0 atom stereocenters. The second kappa shape index (κ2) is 5.33. The van der Waals surface area contributed by atoms with Gasteiger partial charge in [0.1, 0.15) is 0 Å². The summed E-state index contributed by atoms with van der Waals surface area (Å²) in [6.45, 7) is 3.57. The standard InChI is InChI=1S/C7H11NO/c1-3-7(9)5-6-8-4-2/h1,8H,4-6H2,2H3. The second-order valence-electron chi connectivity index (χ2n) is 1.67. The van der Waals surface area contributed by atoms with Gasteiger partial charge in [-0.3, -0.25) is 4.79 Å². The van der Waals surface area contributed by atoms with E-state index in [2.05, 4.69) is 5.32 Å². The van der Waals surface area contributed by atoms with Crippen molar-refractivity contribution in [2.24, 2.45) is 0 Å². The molecule has 0 aliphatic heterocycles. The molecule has 9 heavy (non-hydrogen) atoms. The number of ketones is 1. The average Bonchev–Trinajstić information content (AvgIpc) is 1.89. The van der Waals surface area contributed by atoms with E-state index < -0.39 is 0 Å². The minimum atomic E-state index is -0.129. The first kappa shape index (κ1) is 8.19. The van der Waals surface area contributed by atoms with Gasteiger partial charge in [-0.05, 0) is 12.5 Å². The minimum Gasteiger partial charge on any atom is -0.317 e. The van der Waals surface area contributed by atoms with E-state index in [9.17, 15) is 4.79 Å². The lowest BCUT2D eigenvalue weighted by Crippen LogP contribution is -2.16. The fourth-order valence-electron chi connectivity index (χ4n) is 0.451. The first-order valence-electron chi connectivity index (χ1n) is 3.01. The molecule has 0 aliphatic rings. The zero-order valence-corrected chi connectivity index (χ0v) is 5.61. The predicted octanol–water partition coefficient (Wildman–Crippen LogP) is 0.188. The Balaban J connectivity index is 3.10. The van der Waals surface area contributed by atoms with Gasteiger partial charge in [0.2, 0.25) is 5.78 Å². The van der Waals surface area contributed by atoms with Gasteiger partial charge < -0.3 is 5.32 Å². The zero-order valence-electron chi connectivity index (χ0n) is 5.61. The summed E-state index contributed by atoms with van der Waals surface area (Å²) in [5.41, 5.74) is 0. The van der Waals surface area contributed by atoms with Crippen LogP contribution in [0.2, 0.25) is 0 Å². The van der Waals surface area contributed by atoms with Crippen LogP contribution in [0.5, 0.6) is 0 Å². The van der Waals surface area contributed by atoms with Crippen LogP contribution in [0.1, 0.15) is 13.3 Å². The van der Waals surface area contributed by atoms with E-state index in [1.165, 1.54) is 0 Å². The van der Waals surface area contributed by atoms with Crippen molar-refractivity contribution in [3.8, 4) is 12.3 Å². The highest BCUT2D eigenvalue weighted by atomic mass is 16.1. The highest BCUT2D eigenvalue weighted by Gasteiger charge is 1.92. The van der Waals surface area contributed by atoms with Crippen molar-refractivity contribution in [2.45, 2.75) is 13.3 Å². The molecule has 0 amide bonds. The quantitative estimate of drug-likeness (QED) is 0.330. The Morgan fingerprint density at radius 2 is 2.44 bits per heavy atom. The summed E-state index contributed by atoms with van der Waals surface area (Å²) in [7, 11) is 0. The van der Waals surface area contributed by atoms with Crippen LogP contribution in [0.25, 0.3) is 0 Å². The summed E-state index contributed by atoms with van der Waals surface area (Å²) in [5, 5.41) is 3.00. The number of rotatable bonds is 4. The Bertz CT molecular complexity index is 123. The molecule has 0 radical (unpaired) electrons. The maximum atomic E-state index is 10.4. The van der Waals surface area contributed by atoms with Crippen LogP contribution in [0, 0.1) is 12.3 Å². The van der Waals surface area contributed by atoms with E-state index >= 15 is 0 Å². The van der Waals surface area contributed by atoms with Gasteiger partial charge in [-0.25, -0.2) is 0 Å². The molecule has 1 N–H and O–H groups in total. The predicted molar refractivity (Wildman–Crippen MR) is 37.0 cm³/mol. The summed E-state index contributed by atoms with van der Waals surface area (Å²) >= 11 is 0. The van der Waals surface area contributed by atoms with Crippen LogP contribution in [0.3, 0.4) is 0 Å². The summed E-state index contributed by atoms with van der Waals surface area (Å²) in [5.74, 6) is 1.92. The molecule has 0 aromatic carbocycles. The van der Waals surface area contributed by atoms with E-state index in [1.54, 1.807) is 0 Å². The van der Waals surface area contributed by atoms with Crippen molar-refractivity contribution in [1.82, 2.24) is 5.32 Å². The SMILES string of the molecule is C#CC(=O)CCNCC. The molecule has 0 aromatic rings. The van der Waals surface area contributed by atoms with Gasteiger partial charge in [0.05, 0.1) is 0 Å². The van der Waals surface area contributed by atoms with Gasteiger partial charge in [0.15, 0.2) is 0 Å². The fourth-order valence-corrected chi connectivity index (χ4v) is 0.451. The third kappa shape index (κ3) is 5.05. The van der Waals surface area contributed by atoms with Gasteiger partial charge in [-0.2, -0.15) is 0 Å². The lowest BCUT2D eigenvalue weighted by molar-refractivity contribution is -0.113. The molecule has 0 aliphatic carbocycles. The lowest BCUT2D eigenvalue weighted by atomic mass is 10.3. The van der Waals surface area contributed by atoms with Gasteiger partial charge in [0, 0.05) is 13.0 Å². The smallest absolute Gasteiger partial charge is 0.206 e. The van der Waals surface area contributed by atoms with Crippen LogP contribution in [-0.2, 0) is 4.79 Å². The highest BCUT2D eigenvalue weighted by Crippen LogP contribution is 1.76. The normalized spacial score (nSPS) is 8.44. The molecular weight excluding hydrogens is 114 g/mol. The van der Waals surface area contributed by atoms with Crippen LogP contribution in [-0.4, -0.2) is 18.9 Å². The van der Waals surface area contributed by atoms with Crippen molar-refractivity contribution in [3.05, 3.63) is 0 Å². The minimum absolute atomic E-state index is 0.129. The third-order valence-electron chi connectivity index (χ3n) is 0.940. The molecule has 0 heterocycles. The largest absolute Gasteiger partial charge is 0.317 e. The van der Waals surface area contributed by atoms with E-state index in [4.69, 9.17) is 6.42 Å². The molecule has 2 nitrogen and oxygen atoms in total. The zero-order chi connectivity index (χ0) is 7.11. The van der Waals surface area contributed by atoms with Crippen molar-refractivity contribution >= 4 is 5.78 Å². The van der Waals surface area contributed by atoms with Gasteiger partial charge in [-0.15, -0.1) is 6.42 Å². The maximum Gasteiger partial charge on any atom is 0.206 e. The summed E-state index contributed by atoms with van der Waals surface area (Å²) in [6.07, 6.45) is 5.28. The second-order valence-corrected chi connectivity index (χ2v) is 1.67. The molecule has 50 valence electrons. The average molecular weight is 125 g/mol. The first-order valence-corrected chi connectivity index (χ1v) is 3.01. The molecule has 0 spiro atoms. The highest BCUT2D eigenvalue weighted by molar-refractivity contribution is 5.94. The lowest BCUT2D eigenvalue weighted by Gasteiger charge is -1.94. The van der Waals surface area contributed by atoms with Crippen LogP contribution < -0.4 is 5.32 Å². The maximum absolute atomic E-state index is 10.4. The Hall–Kier alpha value is -0.810. The monoisotopic (exact) mass is 125 g/mol. The van der Waals surface area contributed by atoms with E-state index in [-0.39, 0.29) is 5.78 Å². The molecule has 0 aromatic heterocycles. The number of hydrogen-bond acceptors (Lipinski definition) is 2. The van der Waals surface area contributed by atoms with E-state index in [1.807, 2.05) is 12.8 Å². The molecule has 0 saturated heterocycles.